The van der Waals surface area contributed by atoms with Crippen LogP contribution in [-0.2, 0) is 4.79 Å². The number of carbonyl (C=O) groups excluding carboxylic acids is 1. The van der Waals surface area contributed by atoms with Gasteiger partial charge in [-0.2, -0.15) is 0 Å². The molecule has 0 saturated heterocycles. The van der Waals surface area contributed by atoms with Crippen LogP contribution in [0.3, 0.4) is 0 Å². The van der Waals surface area contributed by atoms with Crippen LogP contribution in [0.5, 0.6) is 5.75 Å². The lowest BCUT2D eigenvalue weighted by molar-refractivity contribution is -0.114. The molecule has 4 heteroatoms. The number of nitrogens with one attached hydrogen (secondary N) is 1. The minimum Gasteiger partial charge on any atom is -0.507 e. The second-order valence-electron chi connectivity index (χ2n) is 4.56. The molecule has 1 amide bonds. The molecular formula is C16H13NO3. The number of aliphatic hydroxyl groups is 1. The predicted octanol–water partition coefficient (Wildman–Crippen LogP) is 3.32. The van der Waals surface area contributed by atoms with Gasteiger partial charge in [-0.05, 0) is 12.1 Å². The quantitative estimate of drug-likeness (QED) is 0.820. The van der Waals surface area contributed by atoms with Gasteiger partial charge in [-0.3, -0.25) is 4.79 Å². The van der Waals surface area contributed by atoms with E-state index in [-0.39, 0.29) is 11.7 Å². The first kappa shape index (κ1) is 12.3. The summed E-state index contributed by atoms with van der Waals surface area (Å²) in [5, 5.41) is 12.8. The van der Waals surface area contributed by atoms with E-state index in [0.717, 1.165) is 5.57 Å². The van der Waals surface area contributed by atoms with Crippen LogP contribution in [0, 0.1) is 0 Å². The van der Waals surface area contributed by atoms with Crippen molar-refractivity contribution in [3.8, 4) is 5.75 Å². The fourth-order valence-electron chi connectivity index (χ4n) is 2.13. The van der Waals surface area contributed by atoms with Crippen molar-refractivity contribution in [1.82, 2.24) is 0 Å². The Hall–Kier alpha value is -2.75. The number of amides is 1. The number of anilines is 1. The van der Waals surface area contributed by atoms with Gasteiger partial charge in [-0.25, -0.2) is 0 Å². The topological polar surface area (TPSA) is 58.6 Å². The lowest BCUT2D eigenvalue weighted by Crippen LogP contribution is -2.08. The standard InChI is InChI=1S/C16H13NO3/c1-10(18)17-12-6-7-13-14(19)9-15(20-16(13)8-12)11-4-2-3-5-11/h2-9,19H,1H3,(H,17,18). The van der Waals surface area contributed by atoms with Gasteiger partial charge >= 0.3 is 0 Å². The number of fused-ring (bicyclic) bond motifs is 1. The van der Waals surface area contributed by atoms with Gasteiger partial charge in [0, 0.05) is 30.3 Å². The number of ether oxygens (including phenoxy) is 1. The molecule has 0 bridgehead atoms. The summed E-state index contributed by atoms with van der Waals surface area (Å²) in [6.45, 7) is 1.44. The Morgan fingerprint density at radius 3 is 2.70 bits per heavy atom. The van der Waals surface area contributed by atoms with Crippen LogP contribution in [0.15, 0.2) is 59.9 Å². The second kappa shape index (κ2) is 4.74. The van der Waals surface area contributed by atoms with Gasteiger partial charge in [0.25, 0.3) is 0 Å². The Morgan fingerprint density at radius 1 is 1.25 bits per heavy atom. The van der Waals surface area contributed by atoms with Crippen LogP contribution in [0.2, 0.25) is 0 Å². The lowest BCUT2D eigenvalue weighted by atomic mass is 10.1. The maximum absolute atomic E-state index is 11.1. The van der Waals surface area contributed by atoms with Crippen molar-refractivity contribution >= 4 is 17.4 Å². The van der Waals surface area contributed by atoms with Crippen LogP contribution >= 0.6 is 0 Å². The SMILES string of the molecule is CC(=O)Nc1ccc2c(c1)OC(=C1C=CC=C1)C=C2O. The number of allylic oxidation sites excluding steroid dienone is 6. The van der Waals surface area contributed by atoms with Crippen LogP contribution in [0.1, 0.15) is 12.5 Å². The van der Waals surface area contributed by atoms with Crippen LogP contribution in [0.25, 0.3) is 5.76 Å². The smallest absolute Gasteiger partial charge is 0.221 e. The zero-order valence-corrected chi connectivity index (χ0v) is 10.9. The molecule has 0 fully saturated rings. The van der Waals surface area contributed by atoms with Gasteiger partial charge in [0.15, 0.2) is 0 Å². The number of carbonyl (C=O) groups is 1. The van der Waals surface area contributed by atoms with Gasteiger partial charge < -0.3 is 15.2 Å². The molecule has 4 nitrogen and oxygen atoms in total. The van der Waals surface area contributed by atoms with Gasteiger partial charge in [0.1, 0.15) is 17.3 Å². The minimum atomic E-state index is -0.152. The van der Waals surface area contributed by atoms with Crippen molar-refractivity contribution in [2.75, 3.05) is 5.32 Å². The summed E-state index contributed by atoms with van der Waals surface area (Å²) in [5.74, 6) is 1.10. The highest BCUT2D eigenvalue weighted by Gasteiger charge is 2.19. The fourth-order valence-corrected chi connectivity index (χ4v) is 2.13. The van der Waals surface area contributed by atoms with Crippen molar-refractivity contribution in [3.63, 3.8) is 0 Å². The molecule has 2 N–H and O–H groups in total. The number of aliphatic hydroxyl groups excluding tert-OH is 1. The highest BCUT2D eigenvalue weighted by atomic mass is 16.5. The molecule has 100 valence electrons. The molecular weight excluding hydrogens is 254 g/mol. The first-order valence-corrected chi connectivity index (χ1v) is 6.23. The molecule has 1 aromatic rings. The zero-order valence-electron chi connectivity index (χ0n) is 10.9. The summed E-state index contributed by atoms with van der Waals surface area (Å²) in [6, 6.07) is 5.14. The van der Waals surface area contributed by atoms with Crippen LogP contribution in [-0.4, -0.2) is 11.0 Å². The third kappa shape index (κ3) is 2.23. The van der Waals surface area contributed by atoms with E-state index >= 15 is 0 Å². The molecule has 0 saturated carbocycles. The molecule has 0 radical (unpaired) electrons. The van der Waals surface area contributed by atoms with E-state index in [9.17, 15) is 9.90 Å². The normalized spacial score (nSPS) is 15.8. The Labute approximate surface area is 116 Å². The third-order valence-electron chi connectivity index (χ3n) is 3.01. The highest BCUT2D eigenvalue weighted by molar-refractivity contribution is 5.89. The first-order chi connectivity index (χ1) is 9.63. The molecule has 0 aromatic heterocycles. The van der Waals surface area contributed by atoms with E-state index in [2.05, 4.69) is 5.32 Å². The summed E-state index contributed by atoms with van der Waals surface area (Å²) < 4.78 is 5.80. The molecule has 20 heavy (non-hydrogen) atoms. The largest absolute Gasteiger partial charge is 0.507 e. The molecule has 0 unspecified atom stereocenters. The van der Waals surface area contributed by atoms with E-state index in [1.54, 1.807) is 24.3 Å². The Bertz CT molecular complexity index is 694. The van der Waals surface area contributed by atoms with Crippen molar-refractivity contribution in [3.05, 3.63) is 65.5 Å². The van der Waals surface area contributed by atoms with Gasteiger partial charge in [0.05, 0.1) is 5.56 Å². The van der Waals surface area contributed by atoms with Crippen LogP contribution < -0.4 is 10.1 Å². The van der Waals surface area contributed by atoms with E-state index in [0.29, 0.717) is 22.8 Å². The van der Waals surface area contributed by atoms with Crippen molar-refractivity contribution in [2.45, 2.75) is 6.92 Å². The maximum Gasteiger partial charge on any atom is 0.221 e. The van der Waals surface area contributed by atoms with Crippen molar-refractivity contribution in [1.29, 1.82) is 0 Å². The summed E-state index contributed by atoms with van der Waals surface area (Å²) in [4.78, 5) is 11.1. The monoisotopic (exact) mass is 267 g/mol. The molecule has 2 aliphatic rings. The molecule has 1 aliphatic carbocycles. The first-order valence-electron chi connectivity index (χ1n) is 6.23. The Morgan fingerprint density at radius 2 is 2.00 bits per heavy atom. The van der Waals surface area contributed by atoms with E-state index < -0.39 is 0 Å². The third-order valence-corrected chi connectivity index (χ3v) is 3.01. The van der Waals surface area contributed by atoms with Gasteiger partial charge in [-0.15, -0.1) is 0 Å². The summed E-state index contributed by atoms with van der Waals surface area (Å²) in [7, 11) is 0. The molecule has 1 aliphatic heterocycles. The average Bonchev–Trinajstić information content (AvgIpc) is 2.91. The predicted molar refractivity (Wildman–Crippen MR) is 77.3 cm³/mol. The molecule has 1 aromatic carbocycles. The molecule has 0 atom stereocenters. The van der Waals surface area contributed by atoms with Gasteiger partial charge in [-0.1, -0.05) is 24.3 Å². The molecule has 0 spiro atoms. The molecule has 3 rings (SSSR count). The minimum absolute atomic E-state index is 0.150. The van der Waals surface area contributed by atoms with E-state index in [1.165, 1.54) is 6.92 Å². The number of rotatable bonds is 1. The van der Waals surface area contributed by atoms with Crippen LogP contribution in [0.4, 0.5) is 5.69 Å². The van der Waals surface area contributed by atoms with Crippen molar-refractivity contribution < 1.29 is 14.6 Å². The highest BCUT2D eigenvalue weighted by Crippen LogP contribution is 2.35. The summed E-state index contributed by atoms with van der Waals surface area (Å²) in [6.07, 6.45) is 9.21. The zero-order chi connectivity index (χ0) is 14.1. The van der Waals surface area contributed by atoms with E-state index in [4.69, 9.17) is 4.74 Å². The Balaban J connectivity index is 2.02. The second-order valence-corrected chi connectivity index (χ2v) is 4.56. The van der Waals surface area contributed by atoms with Gasteiger partial charge in [0.2, 0.25) is 5.91 Å². The average molecular weight is 267 g/mol. The number of hydrogen-bond acceptors (Lipinski definition) is 3. The Kier molecular flexibility index (Phi) is 2.91. The van der Waals surface area contributed by atoms with E-state index in [1.807, 2.05) is 24.3 Å². The molecule has 1 heterocycles. The maximum atomic E-state index is 11.1. The lowest BCUT2D eigenvalue weighted by Gasteiger charge is -2.19. The van der Waals surface area contributed by atoms with Crippen molar-refractivity contribution in [2.24, 2.45) is 0 Å². The summed E-state index contributed by atoms with van der Waals surface area (Å²) in [5.41, 5.74) is 2.13. The summed E-state index contributed by atoms with van der Waals surface area (Å²) >= 11 is 0. The number of hydrogen-bond donors (Lipinski definition) is 2. The fraction of sp³-hybridized carbons (Fsp3) is 0.0625. The number of benzene rings is 1.